The molecular formula is C23H36O4. The third-order valence-electron chi connectivity index (χ3n) is 7.05. The molecule has 2 aliphatic heterocycles. The molecule has 3 fully saturated rings. The third-order valence-corrected chi connectivity index (χ3v) is 7.05. The highest BCUT2D eigenvalue weighted by atomic mass is 16.5. The maximum atomic E-state index is 10.8. The smallest absolute Gasteiger partial charge is 0.303 e. The van der Waals surface area contributed by atoms with Crippen molar-refractivity contribution in [3.63, 3.8) is 0 Å². The third kappa shape index (κ3) is 5.23. The van der Waals surface area contributed by atoms with Gasteiger partial charge in [-0.05, 0) is 56.3 Å². The fraction of sp³-hybridized carbons (Fsp3) is 0.783. The Morgan fingerprint density at radius 1 is 1.19 bits per heavy atom. The molecule has 0 radical (unpaired) electrons. The first-order chi connectivity index (χ1) is 13.0. The second kappa shape index (κ2) is 9.38. The molecule has 3 rings (SSSR count). The SMILES string of the molecule is CC1(C(O)/C=C/[C@H]2[C@@H](C/C=C\CCCC(=O)O)[C@H]3CC[C@@H]2O3)CCCCC1. The van der Waals surface area contributed by atoms with E-state index in [1.807, 2.05) is 0 Å². The van der Waals surface area contributed by atoms with Gasteiger partial charge in [0.05, 0.1) is 18.3 Å². The molecule has 0 aromatic rings. The number of aliphatic hydroxyl groups is 1. The fourth-order valence-electron chi connectivity index (χ4n) is 5.25. The van der Waals surface area contributed by atoms with Gasteiger partial charge in [0.1, 0.15) is 0 Å². The van der Waals surface area contributed by atoms with Gasteiger partial charge in [0.2, 0.25) is 0 Å². The Hall–Kier alpha value is -1.13. The molecule has 4 nitrogen and oxygen atoms in total. The normalized spacial score (nSPS) is 33.9. The summed E-state index contributed by atoms with van der Waals surface area (Å²) in [6.45, 7) is 2.23. The Kier molecular flexibility index (Phi) is 7.16. The molecule has 0 amide bonds. The average Bonchev–Trinajstić information content (AvgIpc) is 3.24. The first-order valence-electron chi connectivity index (χ1n) is 10.9. The maximum absolute atomic E-state index is 10.8. The van der Waals surface area contributed by atoms with Crippen LogP contribution in [-0.4, -0.2) is 34.5 Å². The summed E-state index contributed by atoms with van der Waals surface area (Å²) in [6, 6.07) is 0. The predicted octanol–water partition coefficient (Wildman–Crippen LogP) is 4.87. The Morgan fingerprint density at radius 3 is 2.67 bits per heavy atom. The van der Waals surface area contributed by atoms with Crippen molar-refractivity contribution in [3.05, 3.63) is 24.3 Å². The van der Waals surface area contributed by atoms with E-state index in [0.717, 1.165) is 38.5 Å². The van der Waals surface area contributed by atoms with Gasteiger partial charge in [-0.3, -0.25) is 4.79 Å². The number of hydrogen-bond acceptors (Lipinski definition) is 3. The largest absolute Gasteiger partial charge is 0.481 e. The number of carboxylic acid groups (broad SMARTS) is 1. The molecular weight excluding hydrogens is 340 g/mol. The molecule has 152 valence electrons. The van der Waals surface area contributed by atoms with Crippen molar-refractivity contribution in [2.45, 2.75) is 95.9 Å². The van der Waals surface area contributed by atoms with E-state index >= 15 is 0 Å². The lowest BCUT2D eigenvalue weighted by atomic mass is 9.71. The molecule has 0 aromatic carbocycles. The van der Waals surface area contributed by atoms with Crippen LogP contribution in [0.2, 0.25) is 0 Å². The van der Waals surface area contributed by atoms with Crippen molar-refractivity contribution in [3.8, 4) is 0 Å². The lowest BCUT2D eigenvalue weighted by Gasteiger charge is -2.37. The summed E-state index contributed by atoms with van der Waals surface area (Å²) in [5, 5.41) is 19.5. The first-order valence-corrected chi connectivity index (χ1v) is 10.9. The van der Waals surface area contributed by atoms with Crippen LogP contribution in [0, 0.1) is 17.3 Å². The second-order valence-corrected chi connectivity index (χ2v) is 9.07. The van der Waals surface area contributed by atoms with E-state index in [-0.39, 0.29) is 17.9 Å². The monoisotopic (exact) mass is 376 g/mol. The van der Waals surface area contributed by atoms with Crippen LogP contribution < -0.4 is 0 Å². The summed E-state index contributed by atoms with van der Waals surface area (Å²) in [5.74, 6) is 0.164. The van der Waals surface area contributed by atoms with E-state index in [1.165, 1.54) is 19.3 Å². The van der Waals surface area contributed by atoms with E-state index in [0.29, 0.717) is 30.5 Å². The molecule has 2 bridgehead atoms. The van der Waals surface area contributed by atoms with E-state index in [2.05, 4.69) is 31.2 Å². The highest BCUT2D eigenvalue weighted by molar-refractivity contribution is 5.66. The molecule has 1 saturated carbocycles. The number of rotatable bonds is 9. The lowest BCUT2D eigenvalue weighted by molar-refractivity contribution is -0.137. The van der Waals surface area contributed by atoms with Gasteiger partial charge in [-0.25, -0.2) is 0 Å². The summed E-state index contributed by atoms with van der Waals surface area (Å²) in [6.07, 6.45) is 19.9. The summed E-state index contributed by atoms with van der Waals surface area (Å²) in [5.41, 5.74) is 0.0345. The first kappa shape index (κ1) is 20.6. The van der Waals surface area contributed by atoms with Gasteiger partial charge in [0.15, 0.2) is 0 Å². The highest BCUT2D eigenvalue weighted by Gasteiger charge is 2.47. The van der Waals surface area contributed by atoms with Gasteiger partial charge in [0.25, 0.3) is 0 Å². The number of allylic oxidation sites excluding steroid dienone is 2. The summed E-state index contributed by atoms with van der Waals surface area (Å²) < 4.78 is 6.17. The van der Waals surface area contributed by atoms with Crippen LogP contribution in [-0.2, 0) is 9.53 Å². The van der Waals surface area contributed by atoms with Crippen molar-refractivity contribution in [1.29, 1.82) is 0 Å². The standard InChI is InChI=1S/C23H36O4/c1-23(15-7-4-8-16-23)21(24)14-11-18-17(19-12-13-20(18)27-19)9-5-2-3-6-10-22(25)26/h2,5,11,14,17-21,24H,3-4,6-10,12-13,15-16H2,1H3,(H,25,26)/b5-2-,14-11+/t17-,18+,19-,20+,21?/m1/s1. The summed E-state index contributed by atoms with van der Waals surface area (Å²) >= 11 is 0. The van der Waals surface area contributed by atoms with Gasteiger partial charge in [-0.2, -0.15) is 0 Å². The number of unbranched alkanes of at least 4 members (excludes halogenated alkanes) is 1. The van der Waals surface area contributed by atoms with Crippen molar-refractivity contribution in [1.82, 2.24) is 0 Å². The van der Waals surface area contributed by atoms with Gasteiger partial charge in [0, 0.05) is 12.3 Å². The topological polar surface area (TPSA) is 66.8 Å². The molecule has 2 N–H and O–H groups in total. The zero-order valence-corrected chi connectivity index (χ0v) is 16.7. The highest BCUT2D eigenvalue weighted by Crippen LogP contribution is 2.46. The quantitative estimate of drug-likeness (QED) is 0.445. The second-order valence-electron chi connectivity index (χ2n) is 9.07. The molecule has 1 unspecified atom stereocenters. The Bertz CT molecular complexity index is 547. The van der Waals surface area contributed by atoms with E-state index in [9.17, 15) is 9.90 Å². The Morgan fingerprint density at radius 2 is 1.93 bits per heavy atom. The van der Waals surface area contributed by atoms with Gasteiger partial charge < -0.3 is 14.9 Å². The molecule has 5 atom stereocenters. The minimum atomic E-state index is -0.722. The maximum Gasteiger partial charge on any atom is 0.303 e. The number of aliphatic hydroxyl groups excluding tert-OH is 1. The fourth-order valence-corrected chi connectivity index (χ4v) is 5.25. The summed E-state index contributed by atoms with van der Waals surface area (Å²) in [7, 11) is 0. The predicted molar refractivity (Wildman–Crippen MR) is 106 cm³/mol. The molecule has 2 saturated heterocycles. The van der Waals surface area contributed by atoms with Crippen LogP contribution in [0.5, 0.6) is 0 Å². The number of carboxylic acids is 1. The number of fused-ring (bicyclic) bond motifs is 2. The van der Waals surface area contributed by atoms with Gasteiger partial charge in [-0.15, -0.1) is 0 Å². The van der Waals surface area contributed by atoms with Gasteiger partial charge >= 0.3 is 5.97 Å². The minimum absolute atomic E-state index is 0.0345. The van der Waals surface area contributed by atoms with Gasteiger partial charge in [-0.1, -0.05) is 50.5 Å². The average molecular weight is 377 g/mol. The summed E-state index contributed by atoms with van der Waals surface area (Å²) in [4.78, 5) is 10.6. The van der Waals surface area contributed by atoms with Crippen LogP contribution in [0.25, 0.3) is 0 Å². The van der Waals surface area contributed by atoms with Crippen LogP contribution in [0.15, 0.2) is 24.3 Å². The Balaban J connectivity index is 1.53. The molecule has 1 aliphatic carbocycles. The molecule has 0 aromatic heterocycles. The molecule has 3 aliphatic rings. The van der Waals surface area contributed by atoms with Crippen molar-refractivity contribution in [2.24, 2.45) is 17.3 Å². The molecule has 0 spiro atoms. The van der Waals surface area contributed by atoms with Crippen LogP contribution in [0.4, 0.5) is 0 Å². The molecule has 4 heteroatoms. The van der Waals surface area contributed by atoms with E-state index in [4.69, 9.17) is 9.84 Å². The van der Waals surface area contributed by atoms with E-state index in [1.54, 1.807) is 0 Å². The Labute approximate surface area is 163 Å². The van der Waals surface area contributed by atoms with Crippen molar-refractivity contribution >= 4 is 5.97 Å². The molecule has 27 heavy (non-hydrogen) atoms. The van der Waals surface area contributed by atoms with E-state index < -0.39 is 5.97 Å². The minimum Gasteiger partial charge on any atom is -0.481 e. The zero-order chi connectivity index (χ0) is 19.3. The number of carbonyl (C=O) groups is 1. The lowest BCUT2D eigenvalue weighted by Crippen LogP contribution is -2.33. The van der Waals surface area contributed by atoms with Crippen LogP contribution in [0.1, 0.15) is 77.6 Å². The molecule has 2 heterocycles. The zero-order valence-electron chi connectivity index (χ0n) is 16.7. The number of hydrogen-bond donors (Lipinski definition) is 2. The van der Waals surface area contributed by atoms with Crippen molar-refractivity contribution < 1.29 is 19.7 Å². The van der Waals surface area contributed by atoms with Crippen molar-refractivity contribution in [2.75, 3.05) is 0 Å². The van der Waals surface area contributed by atoms with Crippen LogP contribution in [0.3, 0.4) is 0 Å². The van der Waals surface area contributed by atoms with Crippen LogP contribution >= 0.6 is 0 Å². The number of ether oxygens (including phenoxy) is 1. The number of aliphatic carboxylic acids is 1.